The average Bonchev–Trinajstić information content (AvgIpc) is 2.32. The summed E-state index contributed by atoms with van der Waals surface area (Å²) in [6, 6.07) is 6.42. The average molecular weight is 257 g/mol. The molecule has 0 bridgehead atoms. The Hall–Kier alpha value is -2.03. The van der Waals surface area contributed by atoms with Crippen LogP contribution in [0.5, 0.6) is 0 Å². The van der Waals surface area contributed by atoms with Gasteiger partial charge in [-0.2, -0.15) is 0 Å². The maximum Gasteiger partial charge on any atom is 0.185 e. The molecule has 1 heterocycles. The van der Waals surface area contributed by atoms with Gasteiger partial charge in [0.15, 0.2) is 5.78 Å². The molecule has 0 N–H and O–H groups in total. The zero-order valence-electron chi connectivity index (χ0n) is 11.3. The quantitative estimate of drug-likeness (QED) is 0.787. The number of ketones is 1. The van der Waals surface area contributed by atoms with E-state index in [1.165, 1.54) is 12.1 Å². The van der Waals surface area contributed by atoms with Crippen molar-refractivity contribution in [2.75, 3.05) is 0 Å². The van der Waals surface area contributed by atoms with Crippen molar-refractivity contribution < 1.29 is 9.18 Å². The lowest BCUT2D eigenvalue weighted by atomic mass is 10.00. The van der Waals surface area contributed by atoms with Crippen LogP contribution in [0, 0.1) is 26.6 Å². The molecule has 0 fully saturated rings. The minimum Gasteiger partial charge on any atom is -0.292 e. The molecule has 0 aliphatic rings. The maximum absolute atomic E-state index is 13.0. The van der Waals surface area contributed by atoms with Crippen molar-refractivity contribution in [2.45, 2.75) is 27.2 Å². The molecule has 0 saturated heterocycles. The number of rotatable bonds is 3. The third kappa shape index (κ3) is 3.05. The van der Waals surface area contributed by atoms with E-state index in [0.717, 1.165) is 22.3 Å². The predicted octanol–water partition coefficient (Wildman–Crippen LogP) is 3.57. The van der Waals surface area contributed by atoms with Crippen LogP contribution in [0.1, 0.15) is 32.7 Å². The number of pyridine rings is 1. The van der Waals surface area contributed by atoms with Gasteiger partial charge in [-0.15, -0.1) is 0 Å². The third-order valence-corrected chi connectivity index (χ3v) is 3.13. The molecule has 0 aliphatic heterocycles. The standard InChI is InChI=1S/C16H16FNO/c1-10-6-12(3)16(18-9-10)15(19)8-13-4-5-14(17)7-11(13)2/h4-7,9H,8H2,1-3H3. The monoisotopic (exact) mass is 257 g/mol. The van der Waals surface area contributed by atoms with Crippen molar-refractivity contribution >= 4 is 5.78 Å². The molecule has 0 atom stereocenters. The predicted molar refractivity (Wildman–Crippen MR) is 72.9 cm³/mol. The van der Waals surface area contributed by atoms with Gasteiger partial charge in [0.25, 0.3) is 0 Å². The van der Waals surface area contributed by atoms with E-state index in [-0.39, 0.29) is 18.0 Å². The van der Waals surface area contributed by atoms with Gasteiger partial charge in [-0.1, -0.05) is 12.1 Å². The fourth-order valence-corrected chi connectivity index (χ4v) is 2.12. The summed E-state index contributed by atoms with van der Waals surface area (Å²) in [5.41, 5.74) is 4.04. The first kappa shape index (κ1) is 13.4. The third-order valence-electron chi connectivity index (χ3n) is 3.13. The number of carbonyl (C=O) groups excluding carboxylic acids is 1. The van der Waals surface area contributed by atoms with Crippen molar-refractivity contribution in [3.05, 3.63) is 64.2 Å². The van der Waals surface area contributed by atoms with E-state index in [9.17, 15) is 9.18 Å². The number of aromatic nitrogens is 1. The largest absolute Gasteiger partial charge is 0.292 e. The lowest BCUT2D eigenvalue weighted by molar-refractivity contribution is 0.0987. The minimum atomic E-state index is -0.279. The number of aryl methyl sites for hydroxylation is 3. The Kier molecular flexibility index (Phi) is 3.74. The van der Waals surface area contributed by atoms with Crippen LogP contribution in [0.2, 0.25) is 0 Å². The number of hydrogen-bond acceptors (Lipinski definition) is 2. The molecule has 1 aromatic heterocycles. The summed E-state index contributed by atoms with van der Waals surface area (Å²) in [7, 11) is 0. The molecule has 0 amide bonds. The van der Waals surface area contributed by atoms with Gasteiger partial charge in [0.05, 0.1) is 0 Å². The van der Waals surface area contributed by atoms with Crippen molar-refractivity contribution in [3.8, 4) is 0 Å². The Labute approximate surface area is 112 Å². The molecule has 0 aliphatic carbocycles. The molecule has 98 valence electrons. The van der Waals surface area contributed by atoms with Gasteiger partial charge >= 0.3 is 0 Å². The smallest absolute Gasteiger partial charge is 0.185 e. The Morgan fingerprint density at radius 3 is 2.53 bits per heavy atom. The van der Waals surface area contributed by atoms with Crippen LogP contribution >= 0.6 is 0 Å². The summed E-state index contributed by atoms with van der Waals surface area (Å²) in [5, 5.41) is 0. The SMILES string of the molecule is Cc1cnc(C(=O)Cc2ccc(F)cc2C)c(C)c1. The van der Waals surface area contributed by atoms with Crippen LogP contribution in [0.15, 0.2) is 30.5 Å². The second kappa shape index (κ2) is 5.31. The number of carbonyl (C=O) groups is 1. The van der Waals surface area contributed by atoms with Gasteiger partial charge in [-0.3, -0.25) is 9.78 Å². The Bertz CT molecular complexity index is 635. The minimum absolute atomic E-state index is 0.0350. The summed E-state index contributed by atoms with van der Waals surface area (Å²) in [6.45, 7) is 5.63. The summed E-state index contributed by atoms with van der Waals surface area (Å²) < 4.78 is 13.0. The Morgan fingerprint density at radius 2 is 1.89 bits per heavy atom. The molecule has 19 heavy (non-hydrogen) atoms. The molecule has 0 radical (unpaired) electrons. The molecule has 3 heteroatoms. The van der Waals surface area contributed by atoms with Gasteiger partial charge in [0, 0.05) is 12.6 Å². The van der Waals surface area contributed by atoms with E-state index in [1.807, 2.05) is 19.9 Å². The van der Waals surface area contributed by atoms with Crippen molar-refractivity contribution in [2.24, 2.45) is 0 Å². The summed E-state index contributed by atoms with van der Waals surface area (Å²) >= 11 is 0. The molecule has 1 aromatic carbocycles. The van der Waals surface area contributed by atoms with Gasteiger partial charge in [0.1, 0.15) is 11.5 Å². The molecule has 2 aromatic rings. The van der Waals surface area contributed by atoms with Crippen molar-refractivity contribution in [1.82, 2.24) is 4.98 Å². The lowest BCUT2D eigenvalue weighted by Crippen LogP contribution is -2.09. The normalized spacial score (nSPS) is 10.5. The van der Waals surface area contributed by atoms with Crippen LogP contribution in [-0.2, 0) is 6.42 Å². The van der Waals surface area contributed by atoms with Gasteiger partial charge in [-0.25, -0.2) is 4.39 Å². The Balaban J connectivity index is 2.25. The summed E-state index contributed by atoms with van der Waals surface area (Å²) in [5.74, 6) is -0.314. The number of halogens is 1. The zero-order chi connectivity index (χ0) is 14.0. The first-order valence-corrected chi connectivity index (χ1v) is 6.19. The highest BCUT2D eigenvalue weighted by molar-refractivity contribution is 5.97. The first-order chi connectivity index (χ1) is 8.97. The number of benzene rings is 1. The van der Waals surface area contributed by atoms with Crippen LogP contribution < -0.4 is 0 Å². The first-order valence-electron chi connectivity index (χ1n) is 6.19. The highest BCUT2D eigenvalue weighted by Gasteiger charge is 2.13. The molecule has 0 saturated carbocycles. The topological polar surface area (TPSA) is 30.0 Å². The van der Waals surface area contributed by atoms with Crippen LogP contribution in [0.3, 0.4) is 0 Å². The fraction of sp³-hybridized carbons (Fsp3) is 0.250. The van der Waals surface area contributed by atoms with Crippen LogP contribution in [0.4, 0.5) is 4.39 Å². The second-order valence-electron chi connectivity index (χ2n) is 4.85. The van der Waals surface area contributed by atoms with E-state index >= 15 is 0 Å². The molecular weight excluding hydrogens is 241 g/mol. The van der Waals surface area contributed by atoms with Crippen molar-refractivity contribution in [3.63, 3.8) is 0 Å². The van der Waals surface area contributed by atoms with Crippen molar-refractivity contribution in [1.29, 1.82) is 0 Å². The van der Waals surface area contributed by atoms with E-state index < -0.39 is 0 Å². The molecular formula is C16H16FNO. The van der Waals surface area contributed by atoms with E-state index in [4.69, 9.17) is 0 Å². The number of Topliss-reactive ketones (excluding diaryl/α,β-unsaturated/α-hetero) is 1. The van der Waals surface area contributed by atoms with Crippen LogP contribution in [0.25, 0.3) is 0 Å². The van der Waals surface area contributed by atoms with E-state index in [2.05, 4.69) is 4.98 Å². The molecule has 2 nitrogen and oxygen atoms in total. The fourth-order valence-electron chi connectivity index (χ4n) is 2.12. The summed E-state index contributed by atoms with van der Waals surface area (Å²) in [6.07, 6.45) is 1.95. The maximum atomic E-state index is 13.0. The molecule has 0 spiro atoms. The highest BCUT2D eigenvalue weighted by atomic mass is 19.1. The van der Waals surface area contributed by atoms with E-state index in [1.54, 1.807) is 19.2 Å². The van der Waals surface area contributed by atoms with Gasteiger partial charge in [-0.05, 0) is 55.2 Å². The van der Waals surface area contributed by atoms with Crippen LogP contribution in [-0.4, -0.2) is 10.8 Å². The Morgan fingerprint density at radius 1 is 1.16 bits per heavy atom. The second-order valence-corrected chi connectivity index (χ2v) is 4.85. The lowest BCUT2D eigenvalue weighted by Gasteiger charge is -2.07. The zero-order valence-corrected chi connectivity index (χ0v) is 11.3. The van der Waals surface area contributed by atoms with Gasteiger partial charge < -0.3 is 0 Å². The summed E-state index contributed by atoms with van der Waals surface area (Å²) in [4.78, 5) is 16.4. The number of nitrogens with zero attached hydrogens (tertiary/aromatic N) is 1. The molecule has 0 unspecified atom stereocenters. The van der Waals surface area contributed by atoms with E-state index in [0.29, 0.717) is 5.69 Å². The molecule has 2 rings (SSSR count). The van der Waals surface area contributed by atoms with Gasteiger partial charge in [0.2, 0.25) is 0 Å². The number of hydrogen-bond donors (Lipinski definition) is 0. The highest BCUT2D eigenvalue weighted by Crippen LogP contribution is 2.15.